The molecule has 1 aliphatic rings. The van der Waals surface area contributed by atoms with Gasteiger partial charge in [0.25, 0.3) is 11.7 Å². The van der Waals surface area contributed by atoms with Gasteiger partial charge < -0.3 is 4.90 Å². The maximum absolute atomic E-state index is 12.4. The van der Waals surface area contributed by atoms with Crippen molar-refractivity contribution in [3.63, 3.8) is 0 Å². The van der Waals surface area contributed by atoms with Crippen molar-refractivity contribution in [3.8, 4) is 0 Å². The average molecular weight is 406 g/mol. The standard InChI is InChI=1S/C24H39NO2S/c1-3-5-7-9-11-13-15-20(16-14-12-10-8-6-4-2)19-25-21-17-18-28-23(21)22(26)24(25)27/h17-18,20H,3-16,19H2,1-2H3. The number of rotatable bonds is 16. The SMILES string of the molecule is CCCCCCCCC(CCCCCCCC)CN1C(=O)C(=O)c2sccc21. The number of unbranched alkanes of at least 4 members (excludes halogenated alkanes) is 10. The Kier molecular flexibility index (Phi) is 10.8. The van der Waals surface area contributed by atoms with Crippen molar-refractivity contribution in [2.24, 2.45) is 5.92 Å². The summed E-state index contributed by atoms with van der Waals surface area (Å²) < 4.78 is 0. The zero-order chi connectivity index (χ0) is 20.2. The third-order valence-electron chi connectivity index (χ3n) is 5.95. The lowest BCUT2D eigenvalue weighted by Crippen LogP contribution is -2.34. The van der Waals surface area contributed by atoms with Crippen LogP contribution in [0.4, 0.5) is 5.69 Å². The first-order chi connectivity index (χ1) is 13.7. The van der Waals surface area contributed by atoms with E-state index in [1.807, 2.05) is 11.4 Å². The smallest absolute Gasteiger partial charge is 0.300 e. The van der Waals surface area contributed by atoms with Crippen LogP contribution in [0.15, 0.2) is 11.4 Å². The van der Waals surface area contributed by atoms with Crippen molar-refractivity contribution in [2.75, 3.05) is 11.4 Å². The summed E-state index contributed by atoms with van der Waals surface area (Å²) in [6.07, 6.45) is 18.0. The molecule has 0 aliphatic carbocycles. The molecule has 1 aromatic rings. The third kappa shape index (κ3) is 7.02. The molecular weight excluding hydrogens is 366 g/mol. The lowest BCUT2D eigenvalue weighted by molar-refractivity contribution is -0.114. The maximum atomic E-state index is 12.4. The first-order valence-electron chi connectivity index (χ1n) is 11.6. The van der Waals surface area contributed by atoms with Crippen LogP contribution < -0.4 is 4.90 Å². The summed E-state index contributed by atoms with van der Waals surface area (Å²) in [7, 11) is 0. The molecule has 0 radical (unpaired) electrons. The Bertz CT molecular complexity index is 579. The quantitative estimate of drug-likeness (QED) is 0.212. The first kappa shape index (κ1) is 23.1. The zero-order valence-electron chi connectivity index (χ0n) is 18.0. The van der Waals surface area contributed by atoms with E-state index in [1.165, 1.54) is 101 Å². The Morgan fingerprint density at radius 2 is 1.36 bits per heavy atom. The van der Waals surface area contributed by atoms with E-state index in [0.29, 0.717) is 10.8 Å². The number of fused-ring (bicyclic) bond motifs is 1. The van der Waals surface area contributed by atoms with Gasteiger partial charge in [0.1, 0.15) is 4.88 Å². The number of amides is 1. The minimum absolute atomic E-state index is 0.303. The molecule has 1 amide bonds. The molecule has 0 atom stereocenters. The van der Waals surface area contributed by atoms with E-state index in [9.17, 15) is 9.59 Å². The predicted molar refractivity (Wildman–Crippen MR) is 120 cm³/mol. The molecule has 0 saturated heterocycles. The Hall–Kier alpha value is -1.16. The van der Waals surface area contributed by atoms with Gasteiger partial charge in [0.2, 0.25) is 0 Å². The van der Waals surface area contributed by atoms with Crippen LogP contribution in [-0.4, -0.2) is 18.2 Å². The fourth-order valence-corrected chi connectivity index (χ4v) is 5.03. The minimum atomic E-state index is -0.308. The van der Waals surface area contributed by atoms with Gasteiger partial charge >= 0.3 is 0 Å². The Morgan fingerprint density at radius 3 is 1.93 bits per heavy atom. The van der Waals surface area contributed by atoms with Gasteiger partial charge in [-0.1, -0.05) is 90.9 Å². The topological polar surface area (TPSA) is 37.4 Å². The molecule has 0 fully saturated rings. The van der Waals surface area contributed by atoms with E-state index in [-0.39, 0.29) is 11.7 Å². The minimum Gasteiger partial charge on any atom is -0.304 e. The number of carbonyl (C=O) groups excluding carboxylic acids is 2. The molecule has 1 aliphatic heterocycles. The van der Waals surface area contributed by atoms with Crippen molar-refractivity contribution in [2.45, 2.75) is 104 Å². The van der Waals surface area contributed by atoms with Crippen LogP contribution in [0.5, 0.6) is 0 Å². The number of nitrogens with zero attached hydrogens (tertiary/aromatic N) is 1. The summed E-state index contributed by atoms with van der Waals surface area (Å²) >= 11 is 1.40. The van der Waals surface area contributed by atoms with Crippen LogP contribution in [-0.2, 0) is 4.79 Å². The molecule has 0 bridgehead atoms. The Morgan fingerprint density at radius 1 is 0.821 bits per heavy atom. The zero-order valence-corrected chi connectivity index (χ0v) is 18.8. The molecular formula is C24H39NO2S. The Labute approximate surface area is 175 Å². The highest BCUT2D eigenvalue weighted by atomic mass is 32.1. The lowest BCUT2D eigenvalue weighted by Gasteiger charge is -2.24. The van der Waals surface area contributed by atoms with Gasteiger partial charge in [-0.3, -0.25) is 9.59 Å². The average Bonchev–Trinajstić information content (AvgIpc) is 3.26. The van der Waals surface area contributed by atoms with Crippen LogP contribution in [0.25, 0.3) is 0 Å². The van der Waals surface area contributed by atoms with Crippen molar-refractivity contribution < 1.29 is 9.59 Å². The second-order valence-electron chi connectivity index (χ2n) is 8.36. The summed E-state index contributed by atoms with van der Waals surface area (Å²) in [6, 6.07) is 1.94. The van der Waals surface area contributed by atoms with E-state index in [2.05, 4.69) is 13.8 Å². The van der Waals surface area contributed by atoms with E-state index >= 15 is 0 Å². The normalized spacial score (nSPS) is 13.8. The monoisotopic (exact) mass is 405 g/mol. The summed E-state index contributed by atoms with van der Waals surface area (Å²) in [6.45, 7) is 5.23. The molecule has 3 nitrogen and oxygen atoms in total. The van der Waals surface area contributed by atoms with E-state index in [1.54, 1.807) is 4.90 Å². The fraction of sp³-hybridized carbons (Fsp3) is 0.750. The largest absolute Gasteiger partial charge is 0.304 e. The summed E-state index contributed by atoms with van der Waals surface area (Å²) in [5.41, 5.74) is 0.857. The van der Waals surface area contributed by atoms with Crippen LogP contribution in [0.1, 0.15) is 113 Å². The van der Waals surface area contributed by atoms with Gasteiger partial charge in [0.15, 0.2) is 0 Å². The molecule has 0 N–H and O–H groups in total. The molecule has 1 aromatic heterocycles. The van der Waals surface area contributed by atoms with Crippen molar-refractivity contribution in [3.05, 3.63) is 16.3 Å². The summed E-state index contributed by atoms with van der Waals surface area (Å²) in [5.74, 6) is -0.0967. The van der Waals surface area contributed by atoms with Gasteiger partial charge in [-0.2, -0.15) is 0 Å². The molecule has 0 aromatic carbocycles. The summed E-state index contributed by atoms with van der Waals surface area (Å²) in [5, 5.41) is 1.93. The van der Waals surface area contributed by atoms with Crippen LogP contribution in [0.2, 0.25) is 0 Å². The van der Waals surface area contributed by atoms with Gasteiger partial charge in [0.05, 0.1) is 5.69 Å². The number of carbonyl (C=O) groups is 2. The van der Waals surface area contributed by atoms with Crippen LogP contribution >= 0.6 is 11.3 Å². The molecule has 0 spiro atoms. The maximum Gasteiger partial charge on any atom is 0.300 e. The highest BCUT2D eigenvalue weighted by molar-refractivity contribution is 7.14. The highest BCUT2D eigenvalue weighted by Gasteiger charge is 2.37. The predicted octanol–water partition coefficient (Wildman–Crippen LogP) is 7.39. The van der Waals surface area contributed by atoms with E-state index in [4.69, 9.17) is 0 Å². The van der Waals surface area contributed by atoms with E-state index in [0.717, 1.165) is 12.2 Å². The number of hydrogen-bond acceptors (Lipinski definition) is 3. The molecule has 0 saturated carbocycles. The number of anilines is 1. The van der Waals surface area contributed by atoms with Gasteiger partial charge in [-0.15, -0.1) is 11.3 Å². The van der Waals surface area contributed by atoms with Crippen LogP contribution in [0.3, 0.4) is 0 Å². The van der Waals surface area contributed by atoms with Crippen molar-refractivity contribution in [1.29, 1.82) is 0 Å². The molecule has 28 heavy (non-hydrogen) atoms. The second kappa shape index (κ2) is 13.1. The first-order valence-corrected chi connectivity index (χ1v) is 12.5. The van der Waals surface area contributed by atoms with Crippen LogP contribution in [0, 0.1) is 5.92 Å². The highest BCUT2D eigenvalue weighted by Crippen LogP contribution is 2.35. The van der Waals surface area contributed by atoms with Crippen molar-refractivity contribution in [1.82, 2.24) is 0 Å². The summed E-state index contributed by atoms with van der Waals surface area (Å²) in [4.78, 5) is 27.0. The fourth-order valence-electron chi connectivity index (χ4n) is 4.21. The molecule has 2 heterocycles. The number of ketones is 1. The van der Waals surface area contributed by atoms with Gasteiger partial charge in [-0.05, 0) is 30.2 Å². The number of Topliss-reactive ketones (excluding diaryl/α,β-unsaturated/α-hetero) is 1. The van der Waals surface area contributed by atoms with Gasteiger partial charge in [-0.25, -0.2) is 0 Å². The third-order valence-corrected chi connectivity index (χ3v) is 6.86. The lowest BCUT2D eigenvalue weighted by atomic mass is 9.93. The molecule has 158 valence electrons. The number of hydrogen-bond donors (Lipinski definition) is 0. The molecule has 4 heteroatoms. The molecule has 2 rings (SSSR count). The number of thiophene rings is 1. The van der Waals surface area contributed by atoms with Crippen molar-refractivity contribution >= 4 is 28.7 Å². The Balaban J connectivity index is 1.83. The molecule has 0 unspecified atom stereocenters. The second-order valence-corrected chi connectivity index (χ2v) is 9.27. The van der Waals surface area contributed by atoms with Gasteiger partial charge in [0, 0.05) is 6.54 Å². The van der Waals surface area contributed by atoms with E-state index < -0.39 is 0 Å².